The van der Waals surface area contributed by atoms with Crippen LogP contribution in [-0.2, 0) is 0 Å². The Kier molecular flexibility index (Phi) is 4.74. The van der Waals surface area contributed by atoms with Gasteiger partial charge in [-0.25, -0.2) is 0 Å². The SMILES string of the molecule is COc1ccc(OC)c(NC(C)c2cccc(Cl)c2)c1. The average molecular weight is 292 g/mol. The van der Waals surface area contributed by atoms with Crippen LogP contribution in [0.25, 0.3) is 0 Å². The fourth-order valence-corrected chi connectivity index (χ4v) is 2.22. The van der Waals surface area contributed by atoms with Crippen LogP contribution in [0.3, 0.4) is 0 Å². The molecular weight excluding hydrogens is 274 g/mol. The number of benzene rings is 2. The minimum Gasteiger partial charge on any atom is -0.497 e. The molecule has 0 radical (unpaired) electrons. The van der Waals surface area contributed by atoms with Gasteiger partial charge in [0.05, 0.1) is 19.9 Å². The van der Waals surface area contributed by atoms with E-state index in [1.807, 2.05) is 42.5 Å². The molecule has 20 heavy (non-hydrogen) atoms. The Morgan fingerprint density at radius 3 is 2.50 bits per heavy atom. The maximum absolute atomic E-state index is 6.03. The number of nitrogens with one attached hydrogen (secondary N) is 1. The highest BCUT2D eigenvalue weighted by atomic mass is 35.5. The quantitative estimate of drug-likeness (QED) is 0.878. The molecule has 0 spiro atoms. The molecule has 0 heterocycles. The molecule has 4 heteroatoms. The van der Waals surface area contributed by atoms with Crippen LogP contribution in [0, 0.1) is 0 Å². The van der Waals surface area contributed by atoms with Crippen molar-refractivity contribution in [3.63, 3.8) is 0 Å². The van der Waals surface area contributed by atoms with Crippen LogP contribution in [0.4, 0.5) is 5.69 Å². The Morgan fingerprint density at radius 2 is 1.85 bits per heavy atom. The average Bonchev–Trinajstić information content (AvgIpc) is 2.47. The summed E-state index contributed by atoms with van der Waals surface area (Å²) in [6.07, 6.45) is 0. The summed E-state index contributed by atoms with van der Waals surface area (Å²) >= 11 is 6.03. The van der Waals surface area contributed by atoms with Crippen LogP contribution in [0.1, 0.15) is 18.5 Å². The molecule has 0 aromatic heterocycles. The lowest BCUT2D eigenvalue weighted by molar-refractivity contribution is 0.404. The topological polar surface area (TPSA) is 30.5 Å². The lowest BCUT2D eigenvalue weighted by atomic mass is 10.1. The fourth-order valence-electron chi connectivity index (χ4n) is 2.02. The highest BCUT2D eigenvalue weighted by molar-refractivity contribution is 6.30. The first-order valence-corrected chi connectivity index (χ1v) is 6.76. The van der Waals surface area contributed by atoms with Gasteiger partial charge in [0.1, 0.15) is 11.5 Å². The Bertz CT molecular complexity index is 586. The number of ether oxygens (including phenoxy) is 2. The predicted molar refractivity (Wildman–Crippen MR) is 83.0 cm³/mol. The molecule has 106 valence electrons. The summed E-state index contributed by atoms with van der Waals surface area (Å²) in [5.74, 6) is 1.56. The van der Waals surface area contributed by atoms with Crippen LogP contribution in [0.5, 0.6) is 11.5 Å². The van der Waals surface area contributed by atoms with Crippen molar-refractivity contribution in [3.05, 3.63) is 53.1 Å². The predicted octanol–water partition coefficient (Wildman–Crippen LogP) is 4.53. The van der Waals surface area contributed by atoms with E-state index < -0.39 is 0 Å². The third-order valence-corrected chi connectivity index (χ3v) is 3.36. The van der Waals surface area contributed by atoms with Gasteiger partial charge in [-0.2, -0.15) is 0 Å². The van der Waals surface area contributed by atoms with Crippen molar-refractivity contribution in [2.24, 2.45) is 0 Å². The van der Waals surface area contributed by atoms with E-state index in [1.54, 1.807) is 14.2 Å². The lowest BCUT2D eigenvalue weighted by Crippen LogP contribution is -2.07. The second kappa shape index (κ2) is 6.53. The maximum Gasteiger partial charge on any atom is 0.142 e. The summed E-state index contributed by atoms with van der Waals surface area (Å²) in [6.45, 7) is 2.07. The van der Waals surface area contributed by atoms with Gasteiger partial charge in [-0.05, 0) is 36.8 Å². The van der Waals surface area contributed by atoms with Crippen molar-refractivity contribution >= 4 is 17.3 Å². The third-order valence-electron chi connectivity index (χ3n) is 3.13. The highest BCUT2D eigenvalue weighted by Crippen LogP contribution is 2.32. The van der Waals surface area contributed by atoms with Gasteiger partial charge >= 0.3 is 0 Å². The largest absolute Gasteiger partial charge is 0.497 e. The minimum atomic E-state index is 0.106. The van der Waals surface area contributed by atoms with Crippen LogP contribution in [-0.4, -0.2) is 14.2 Å². The van der Waals surface area contributed by atoms with E-state index in [9.17, 15) is 0 Å². The van der Waals surface area contributed by atoms with E-state index in [-0.39, 0.29) is 6.04 Å². The van der Waals surface area contributed by atoms with Gasteiger partial charge < -0.3 is 14.8 Å². The van der Waals surface area contributed by atoms with Crippen LogP contribution in [0.2, 0.25) is 5.02 Å². The molecule has 3 nitrogen and oxygen atoms in total. The molecule has 2 aromatic rings. The second-order valence-electron chi connectivity index (χ2n) is 4.49. The van der Waals surface area contributed by atoms with Crippen molar-refractivity contribution in [3.8, 4) is 11.5 Å². The molecule has 0 saturated heterocycles. The Hall–Kier alpha value is -1.87. The Morgan fingerprint density at radius 1 is 1.05 bits per heavy atom. The van der Waals surface area contributed by atoms with Crippen LogP contribution < -0.4 is 14.8 Å². The van der Waals surface area contributed by atoms with Crippen molar-refractivity contribution in [1.82, 2.24) is 0 Å². The van der Waals surface area contributed by atoms with Gasteiger partial charge in [0.2, 0.25) is 0 Å². The van der Waals surface area contributed by atoms with E-state index in [1.165, 1.54) is 0 Å². The van der Waals surface area contributed by atoms with Crippen molar-refractivity contribution in [2.45, 2.75) is 13.0 Å². The Balaban J connectivity index is 2.24. The standard InChI is InChI=1S/C16H18ClNO2/c1-11(12-5-4-6-13(17)9-12)18-15-10-14(19-2)7-8-16(15)20-3/h4-11,18H,1-3H3. The molecule has 1 N–H and O–H groups in total. The van der Waals surface area contributed by atoms with E-state index in [0.717, 1.165) is 27.8 Å². The monoisotopic (exact) mass is 291 g/mol. The Labute approximate surface area is 124 Å². The summed E-state index contributed by atoms with van der Waals surface area (Å²) in [7, 11) is 3.29. The molecule has 2 aromatic carbocycles. The summed E-state index contributed by atoms with van der Waals surface area (Å²) in [4.78, 5) is 0. The third kappa shape index (κ3) is 3.36. The molecule has 0 bridgehead atoms. The number of halogens is 1. The van der Waals surface area contributed by atoms with E-state index in [0.29, 0.717) is 0 Å². The molecule has 2 rings (SSSR count). The summed E-state index contributed by atoms with van der Waals surface area (Å²) < 4.78 is 10.6. The van der Waals surface area contributed by atoms with Crippen LogP contribution in [0.15, 0.2) is 42.5 Å². The fraction of sp³-hybridized carbons (Fsp3) is 0.250. The number of hydrogen-bond donors (Lipinski definition) is 1. The first kappa shape index (κ1) is 14.5. The smallest absolute Gasteiger partial charge is 0.142 e. The minimum absolute atomic E-state index is 0.106. The number of methoxy groups -OCH3 is 2. The molecule has 0 saturated carbocycles. The zero-order valence-corrected chi connectivity index (χ0v) is 12.6. The molecule has 0 fully saturated rings. The van der Waals surface area contributed by atoms with E-state index in [2.05, 4.69) is 12.2 Å². The summed E-state index contributed by atoms with van der Waals surface area (Å²) in [5, 5.41) is 4.15. The van der Waals surface area contributed by atoms with Crippen LogP contribution >= 0.6 is 11.6 Å². The van der Waals surface area contributed by atoms with E-state index >= 15 is 0 Å². The van der Waals surface area contributed by atoms with Gasteiger partial charge in [0.25, 0.3) is 0 Å². The van der Waals surface area contributed by atoms with Gasteiger partial charge in [0.15, 0.2) is 0 Å². The van der Waals surface area contributed by atoms with Gasteiger partial charge in [-0.3, -0.25) is 0 Å². The summed E-state index contributed by atoms with van der Waals surface area (Å²) in [6, 6.07) is 13.6. The maximum atomic E-state index is 6.03. The molecule has 0 aliphatic rings. The first-order valence-electron chi connectivity index (χ1n) is 6.38. The molecule has 1 unspecified atom stereocenters. The zero-order valence-electron chi connectivity index (χ0n) is 11.8. The van der Waals surface area contributed by atoms with Gasteiger partial charge in [0, 0.05) is 17.1 Å². The molecule has 1 atom stereocenters. The normalized spacial score (nSPS) is 11.8. The van der Waals surface area contributed by atoms with Crippen molar-refractivity contribution < 1.29 is 9.47 Å². The van der Waals surface area contributed by atoms with E-state index in [4.69, 9.17) is 21.1 Å². The van der Waals surface area contributed by atoms with Crippen molar-refractivity contribution in [1.29, 1.82) is 0 Å². The molecule has 0 aliphatic heterocycles. The first-order chi connectivity index (χ1) is 9.63. The zero-order chi connectivity index (χ0) is 14.5. The lowest BCUT2D eigenvalue weighted by Gasteiger charge is -2.18. The van der Waals surface area contributed by atoms with Crippen molar-refractivity contribution in [2.75, 3.05) is 19.5 Å². The number of rotatable bonds is 5. The highest BCUT2D eigenvalue weighted by Gasteiger charge is 2.10. The van der Waals surface area contributed by atoms with Gasteiger partial charge in [-0.15, -0.1) is 0 Å². The number of hydrogen-bond acceptors (Lipinski definition) is 3. The molecule has 0 amide bonds. The summed E-state index contributed by atoms with van der Waals surface area (Å²) in [5.41, 5.74) is 2.00. The molecular formula is C16H18ClNO2. The number of anilines is 1. The second-order valence-corrected chi connectivity index (χ2v) is 4.92. The molecule has 0 aliphatic carbocycles. The van der Waals surface area contributed by atoms with Gasteiger partial charge in [-0.1, -0.05) is 23.7 Å².